The van der Waals surface area contributed by atoms with Gasteiger partial charge in [-0.2, -0.15) is 10.4 Å². The second-order valence-electron chi connectivity index (χ2n) is 6.73. The van der Waals surface area contributed by atoms with E-state index in [0.29, 0.717) is 16.8 Å². The summed E-state index contributed by atoms with van der Waals surface area (Å²) < 4.78 is 3.10. The number of aromatic carboxylic acids is 1. The van der Waals surface area contributed by atoms with Crippen LogP contribution in [0.4, 0.5) is 0 Å². The Kier molecular flexibility index (Phi) is 4.74. The fraction of sp³-hybridized carbons (Fsp3) is 0.0435. The molecule has 0 spiro atoms. The molecule has 7 nitrogen and oxygen atoms in total. The predicted octanol–water partition coefficient (Wildman–Crippen LogP) is 3.47. The molecule has 2 aromatic heterocycles. The number of benzene rings is 2. The van der Waals surface area contributed by atoms with Crippen LogP contribution in [0.1, 0.15) is 15.9 Å². The highest BCUT2D eigenvalue weighted by Gasteiger charge is 2.14. The summed E-state index contributed by atoms with van der Waals surface area (Å²) >= 11 is 0. The van der Waals surface area contributed by atoms with Crippen molar-refractivity contribution in [2.45, 2.75) is 0 Å². The Balaban J connectivity index is 1.85. The molecule has 0 radical (unpaired) electrons. The van der Waals surface area contributed by atoms with Crippen molar-refractivity contribution in [2.75, 3.05) is 0 Å². The number of aromatic nitrogens is 3. The van der Waals surface area contributed by atoms with Gasteiger partial charge in [-0.25, -0.2) is 9.48 Å². The highest BCUT2D eigenvalue weighted by atomic mass is 16.4. The lowest BCUT2D eigenvalue weighted by Gasteiger charge is -2.11. The van der Waals surface area contributed by atoms with Crippen molar-refractivity contribution in [1.82, 2.24) is 14.3 Å². The number of carbonyl (C=O) groups is 1. The SMILES string of the molecule is Cn1cc(-c2cnn(-c3ccccc3C#N)c2)c(-c2ccc(C(=O)O)cc2)cc1=O. The van der Waals surface area contributed by atoms with Crippen molar-refractivity contribution in [1.29, 1.82) is 5.26 Å². The summed E-state index contributed by atoms with van der Waals surface area (Å²) in [4.78, 5) is 23.4. The largest absolute Gasteiger partial charge is 0.478 e. The number of hydrogen-bond acceptors (Lipinski definition) is 4. The fourth-order valence-corrected chi connectivity index (χ4v) is 3.25. The average Bonchev–Trinajstić information content (AvgIpc) is 3.25. The van der Waals surface area contributed by atoms with Crippen LogP contribution in [0, 0.1) is 11.3 Å². The van der Waals surface area contributed by atoms with Crippen LogP contribution in [0.2, 0.25) is 0 Å². The van der Waals surface area contributed by atoms with E-state index in [-0.39, 0.29) is 11.1 Å². The number of nitrogens with zero attached hydrogens (tertiary/aromatic N) is 4. The summed E-state index contributed by atoms with van der Waals surface area (Å²) in [6.45, 7) is 0. The summed E-state index contributed by atoms with van der Waals surface area (Å²) in [6.07, 6.45) is 5.19. The number of carboxylic acids is 1. The number of nitriles is 1. The number of para-hydroxylation sites is 1. The molecule has 4 rings (SSSR count). The Hall–Kier alpha value is -4.44. The number of carboxylic acid groups (broad SMARTS) is 1. The average molecular weight is 396 g/mol. The molecular weight excluding hydrogens is 380 g/mol. The second-order valence-corrected chi connectivity index (χ2v) is 6.73. The van der Waals surface area contributed by atoms with E-state index in [2.05, 4.69) is 11.2 Å². The number of hydrogen-bond donors (Lipinski definition) is 1. The molecule has 1 N–H and O–H groups in total. The molecule has 0 amide bonds. The Morgan fingerprint density at radius 2 is 1.77 bits per heavy atom. The topological polar surface area (TPSA) is 101 Å². The molecule has 2 aromatic carbocycles. The summed E-state index contributed by atoms with van der Waals surface area (Å²) in [5.74, 6) is -1.01. The van der Waals surface area contributed by atoms with Gasteiger partial charge >= 0.3 is 5.97 Å². The molecule has 30 heavy (non-hydrogen) atoms. The maximum Gasteiger partial charge on any atom is 0.335 e. The first-order valence-electron chi connectivity index (χ1n) is 9.07. The Morgan fingerprint density at radius 3 is 2.47 bits per heavy atom. The molecule has 0 bridgehead atoms. The highest BCUT2D eigenvalue weighted by Crippen LogP contribution is 2.31. The third-order valence-corrected chi connectivity index (χ3v) is 4.84. The zero-order valence-corrected chi connectivity index (χ0v) is 16.0. The molecule has 7 heteroatoms. The third-order valence-electron chi connectivity index (χ3n) is 4.84. The maximum atomic E-state index is 12.3. The Bertz CT molecular complexity index is 1360. The molecule has 0 aliphatic heterocycles. The van der Waals surface area contributed by atoms with E-state index < -0.39 is 5.97 Å². The zero-order chi connectivity index (χ0) is 21.3. The highest BCUT2D eigenvalue weighted by molar-refractivity contribution is 5.89. The van der Waals surface area contributed by atoms with Gasteiger partial charge in [0.15, 0.2) is 0 Å². The minimum Gasteiger partial charge on any atom is -0.478 e. The molecule has 2 heterocycles. The van der Waals surface area contributed by atoms with Gasteiger partial charge in [-0.1, -0.05) is 24.3 Å². The molecule has 0 unspecified atom stereocenters. The van der Waals surface area contributed by atoms with Crippen LogP contribution in [0.3, 0.4) is 0 Å². The van der Waals surface area contributed by atoms with E-state index in [9.17, 15) is 14.9 Å². The lowest BCUT2D eigenvalue weighted by molar-refractivity contribution is 0.0697. The van der Waals surface area contributed by atoms with Gasteiger partial charge in [-0.15, -0.1) is 0 Å². The monoisotopic (exact) mass is 396 g/mol. The normalized spacial score (nSPS) is 10.5. The molecule has 146 valence electrons. The van der Waals surface area contributed by atoms with Crippen molar-refractivity contribution < 1.29 is 9.90 Å². The minimum absolute atomic E-state index is 0.171. The Labute approximate surface area is 171 Å². The fourth-order valence-electron chi connectivity index (χ4n) is 3.25. The van der Waals surface area contributed by atoms with Crippen molar-refractivity contribution in [3.63, 3.8) is 0 Å². The van der Waals surface area contributed by atoms with Gasteiger partial charge in [0.1, 0.15) is 6.07 Å². The molecule has 4 aromatic rings. The predicted molar refractivity (Wildman–Crippen MR) is 111 cm³/mol. The smallest absolute Gasteiger partial charge is 0.335 e. The van der Waals surface area contributed by atoms with Crippen LogP contribution in [0.15, 0.2) is 78.0 Å². The Morgan fingerprint density at radius 1 is 1.03 bits per heavy atom. The van der Waals surface area contributed by atoms with Crippen molar-refractivity contribution >= 4 is 5.97 Å². The quantitative estimate of drug-likeness (QED) is 0.569. The van der Waals surface area contributed by atoms with Crippen LogP contribution >= 0.6 is 0 Å². The summed E-state index contributed by atoms with van der Waals surface area (Å²) in [7, 11) is 1.67. The van der Waals surface area contributed by atoms with Gasteiger partial charge in [0.2, 0.25) is 0 Å². The van der Waals surface area contributed by atoms with E-state index in [4.69, 9.17) is 5.11 Å². The standard InChI is InChI=1S/C23H16N4O3/c1-26-14-20(18-12-25-27(13-18)21-5-3-2-4-17(21)11-24)19(10-22(26)28)15-6-8-16(9-7-15)23(29)30/h2-10,12-14H,1H3,(H,29,30). The van der Waals surface area contributed by atoms with E-state index in [0.717, 1.165) is 16.7 Å². The molecule has 0 atom stereocenters. The van der Waals surface area contributed by atoms with Crippen molar-refractivity contribution in [3.05, 3.63) is 94.7 Å². The molecular formula is C23H16N4O3. The van der Waals surface area contributed by atoms with Crippen LogP contribution < -0.4 is 5.56 Å². The molecule has 0 aliphatic carbocycles. The van der Waals surface area contributed by atoms with Gasteiger partial charge < -0.3 is 9.67 Å². The van der Waals surface area contributed by atoms with Gasteiger partial charge in [-0.05, 0) is 35.4 Å². The minimum atomic E-state index is -1.01. The first kappa shape index (κ1) is 18.9. The molecule has 0 aliphatic rings. The lowest BCUT2D eigenvalue weighted by atomic mass is 9.97. The van der Waals surface area contributed by atoms with Crippen LogP contribution in [0.25, 0.3) is 27.9 Å². The van der Waals surface area contributed by atoms with E-state index in [1.807, 2.05) is 12.1 Å². The zero-order valence-electron chi connectivity index (χ0n) is 16.0. The lowest BCUT2D eigenvalue weighted by Crippen LogP contribution is -2.15. The van der Waals surface area contributed by atoms with Crippen LogP contribution in [0.5, 0.6) is 0 Å². The van der Waals surface area contributed by atoms with Crippen LogP contribution in [-0.4, -0.2) is 25.4 Å². The molecule has 0 fully saturated rings. The van der Waals surface area contributed by atoms with Gasteiger partial charge in [0.25, 0.3) is 5.56 Å². The third kappa shape index (κ3) is 3.38. The number of aryl methyl sites for hydroxylation is 1. The summed E-state index contributed by atoms with van der Waals surface area (Å²) in [6, 6.07) is 17.2. The summed E-state index contributed by atoms with van der Waals surface area (Å²) in [5, 5.41) is 22.9. The van der Waals surface area contributed by atoms with E-state index >= 15 is 0 Å². The first-order chi connectivity index (χ1) is 14.5. The van der Waals surface area contributed by atoms with Gasteiger partial charge in [0, 0.05) is 36.6 Å². The van der Waals surface area contributed by atoms with Crippen molar-refractivity contribution in [2.24, 2.45) is 7.05 Å². The van der Waals surface area contributed by atoms with Crippen molar-refractivity contribution in [3.8, 4) is 34.0 Å². The molecule has 0 saturated heterocycles. The number of pyridine rings is 1. The van der Waals surface area contributed by atoms with Gasteiger partial charge in [-0.3, -0.25) is 4.79 Å². The second kappa shape index (κ2) is 7.53. The maximum absolute atomic E-state index is 12.3. The molecule has 0 saturated carbocycles. The summed E-state index contributed by atoms with van der Waals surface area (Å²) in [5.41, 5.74) is 4.06. The number of rotatable bonds is 4. The van der Waals surface area contributed by atoms with Crippen LogP contribution in [-0.2, 0) is 7.05 Å². The van der Waals surface area contributed by atoms with Gasteiger partial charge in [0.05, 0.1) is 23.0 Å². The van der Waals surface area contributed by atoms with E-state index in [1.165, 1.54) is 22.8 Å². The van der Waals surface area contributed by atoms with E-state index in [1.54, 1.807) is 54.6 Å². The first-order valence-corrected chi connectivity index (χ1v) is 9.07.